The van der Waals surface area contributed by atoms with Crippen LogP contribution in [0.15, 0.2) is 24.3 Å². The van der Waals surface area contributed by atoms with Crippen molar-refractivity contribution in [1.82, 2.24) is 0 Å². The van der Waals surface area contributed by atoms with Crippen molar-refractivity contribution in [1.29, 1.82) is 0 Å². The maximum atomic E-state index is 9.83. The average Bonchev–Trinajstić information content (AvgIpc) is 2.15. The fourth-order valence-corrected chi connectivity index (χ4v) is 1.51. The molecule has 72 valence electrons. The van der Waals surface area contributed by atoms with Gasteiger partial charge in [-0.25, -0.2) is 0 Å². The molecule has 0 bridgehead atoms. The van der Waals surface area contributed by atoms with Gasteiger partial charge in [0, 0.05) is 0 Å². The molecule has 13 heavy (non-hydrogen) atoms. The minimum atomic E-state index is -0.277. The van der Waals surface area contributed by atoms with E-state index in [-0.39, 0.29) is 6.10 Å². The van der Waals surface area contributed by atoms with Crippen LogP contribution in [-0.4, -0.2) is 5.11 Å². The summed E-state index contributed by atoms with van der Waals surface area (Å²) in [6, 6.07) is 8.04. The average molecular weight is 178 g/mol. The highest BCUT2D eigenvalue weighted by atomic mass is 16.3. The first-order chi connectivity index (χ1) is 6.25. The van der Waals surface area contributed by atoms with Gasteiger partial charge in [-0.05, 0) is 24.5 Å². The lowest BCUT2D eigenvalue weighted by Gasteiger charge is -2.12. The Balaban J connectivity index is 2.65. The maximum absolute atomic E-state index is 9.83. The van der Waals surface area contributed by atoms with Crippen molar-refractivity contribution in [3.8, 4) is 0 Å². The normalized spacial score (nSPS) is 12.8. The van der Waals surface area contributed by atoms with Crippen LogP contribution in [0, 0.1) is 6.92 Å². The predicted octanol–water partition coefficient (Wildman–Crippen LogP) is 3.22. The molecular weight excluding hydrogens is 160 g/mol. The van der Waals surface area contributed by atoms with Gasteiger partial charge in [-0.2, -0.15) is 0 Å². The first kappa shape index (κ1) is 10.3. The number of benzene rings is 1. The molecule has 1 N–H and O–H groups in total. The van der Waals surface area contributed by atoms with Crippen LogP contribution >= 0.6 is 0 Å². The number of aliphatic hydroxyl groups is 1. The second-order valence-electron chi connectivity index (χ2n) is 3.51. The molecule has 0 amide bonds. The molecule has 0 saturated heterocycles. The zero-order valence-electron chi connectivity index (χ0n) is 8.46. The Morgan fingerprint density at radius 3 is 2.62 bits per heavy atom. The second-order valence-corrected chi connectivity index (χ2v) is 3.51. The van der Waals surface area contributed by atoms with Gasteiger partial charge >= 0.3 is 0 Å². The van der Waals surface area contributed by atoms with Crippen LogP contribution in [0.1, 0.15) is 43.4 Å². The lowest BCUT2D eigenvalue weighted by atomic mass is 10.00. The van der Waals surface area contributed by atoms with Crippen LogP contribution in [0.4, 0.5) is 0 Å². The largest absolute Gasteiger partial charge is 0.388 e. The molecule has 1 aromatic carbocycles. The van der Waals surface area contributed by atoms with Crippen molar-refractivity contribution in [3.63, 3.8) is 0 Å². The van der Waals surface area contributed by atoms with E-state index in [2.05, 4.69) is 6.92 Å². The fourth-order valence-electron chi connectivity index (χ4n) is 1.51. The quantitative estimate of drug-likeness (QED) is 0.750. The smallest absolute Gasteiger partial charge is 0.0792 e. The molecule has 0 heterocycles. The van der Waals surface area contributed by atoms with E-state index in [0.717, 1.165) is 24.8 Å². The van der Waals surface area contributed by atoms with Crippen molar-refractivity contribution in [2.24, 2.45) is 0 Å². The first-order valence-corrected chi connectivity index (χ1v) is 4.99. The van der Waals surface area contributed by atoms with E-state index in [9.17, 15) is 5.11 Å². The van der Waals surface area contributed by atoms with Gasteiger partial charge in [-0.1, -0.05) is 44.0 Å². The van der Waals surface area contributed by atoms with Gasteiger partial charge in [0.05, 0.1) is 6.10 Å². The first-order valence-electron chi connectivity index (χ1n) is 4.99. The summed E-state index contributed by atoms with van der Waals surface area (Å²) in [5, 5.41) is 9.83. The third-order valence-corrected chi connectivity index (χ3v) is 2.38. The summed E-state index contributed by atoms with van der Waals surface area (Å²) in [5.74, 6) is 0. The van der Waals surface area contributed by atoms with Crippen LogP contribution in [0.2, 0.25) is 0 Å². The maximum Gasteiger partial charge on any atom is 0.0792 e. The Morgan fingerprint density at radius 1 is 1.31 bits per heavy atom. The molecule has 1 unspecified atom stereocenters. The number of aryl methyl sites for hydroxylation is 1. The number of hydrogen-bond donors (Lipinski definition) is 1. The Bertz CT molecular complexity index is 255. The molecule has 1 aromatic rings. The number of rotatable bonds is 4. The summed E-state index contributed by atoms with van der Waals surface area (Å²) in [6.45, 7) is 4.19. The highest BCUT2D eigenvalue weighted by Crippen LogP contribution is 2.21. The summed E-state index contributed by atoms with van der Waals surface area (Å²) >= 11 is 0. The molecule has 0 fully saturated rings. The van der Waals surface area contributed by atoms with E-state index in [1.807, 2.05) is 31.2 Å². The standard InChI is InChI=1S/C12H18O/c1-3-4-9-12(13)11-8-6-5-7-10(11)2/h5-8,12-13H,3-4,9H2,1-2H3. The molecule has 1 atom stereocenters. The monoisotopic (exact) mass is 178 g/mol. The Hall–Kier alpha value is -0.820. The fraction of sp³-hybridized carbons (Fsp3) is 0.500. The van der Waals surface area contributed by atoms with Gasteiger partial charge in [-0.15, -0.1) is 0 Å². The molecular formula is C12H18O. The topological polar surface area (TPSA) is 20.2 Å². The predicted molar refractivity (Wildman–Crippen MR) is 55.7 cm³/mol. The molecule has 0 radical (unpaired) electrons. The third kappa shape index (κ3) is 2.85. The molecule has 0 aromatic heterocycles. The lowest BCUT2D eigenvalue weighted by molar-refractivity contribution is 0.163. The molecule has 0 aliphatic carbocycles. The minimum absolute atomic E-state index is 0.277. The Labute approximate surface area is 80.4 Å². The number of hydrogen-bond acceptors (Lipinski definition) is 1. The van der Waals surface area contributed by atoms with E-state index in [1.165, 1.54) is 5.56 Å². The SMILES string of the molecule is CCCCC(O)c1ccccc1C. The van der Waals surface area contributed by atoms with E-state index in [1.54, 1.807) is 0 Å². The Kier molecular flexibility index (Phi) is 3.97. The molecule has 1 heteroatoms. The van der Waals surface area contributed by atoms with Gasteiger partial charge in [0.15, 0.2) is 0 Å². The molecule has 0 aliphatic heterocycles. The van der Waals surface area contributed by atoms with Crippen molar-refractivity contribution in [2.75, 3.05) is 0 Å². The highest BCUT2D eigenvalue weighted by Gasteiger charge is 2.07. The van der Waals surface area contributed by atoms with Crippen LogP contribution < -0.4 is 0 Å². The zero-order valence-corrected chi connectivity index (χ0v) is 8.46. The number of unbranched alkanes of at least 4 members (excludes halogenated alkanes) is 1. The summed E-state index contributed by atoms with van der Waals surface area (Å²) in [7, 11) is 0. The van der Waals surface area contributed by atoms with E-state index in [0.29, 0.717) is 0 Å². The Morgan fingerprint density at radius 2 is 2.00 bits per heavy atom. The summed E-state index contributed by atoms with van der Waals surface area (Å²) in [4.78, 5) is 0. The number of aliphatic hydroxyl groups excluding tert-OH is 1. The van der Waals surface area contributed by atoms with Crippen molar-refractivity contribution in [2.45, 2.75) is 39.2 Å². The van der Waals surface area contributed by atoms with Crippen LogP contribution in [0.5, 0.6) is 0 Å². The van der Waals surface area contributed by atoms with Gasteiger partial charge in [0.2, 0.25) is 0 Å². The minimum Gasteiger partial charge on any atom is -0.388 e. The van der Waals surface area contributed by atoms with Crippen LogP contribution in [0.3, 0.4) is 0 Å². The lowest BCUT2D eigenvalue weighted by Crippen LogP contribution is -1.99. The van der Waals surface area contributed by atoms with E-state index >= 15 is 0 Å². The van der Waals surface area contributed by atoms with Crippen molar-refractivity contribution < 1.29 is 5.11 Å². The van der Waals surface area contributed by atoms with Crippen molar-refractivity contribution in [3.05, 3.63) is 35.4 Å². The molecule has 0 saturated carbocycles. The molecule has 0 aliphatic rings. The van der Waals surface area contributed by atoms with Gasteiger partial charge in [0.25, 0.3) is 0 Å². The summed E-state index contributed by atoms with van der Waals surface area (Å²) in [5.41, 5.74) is 2.27. The summed E-state index contributed by atoms with van der Waals surface area (Å²) < 4.78 is 0. The zero-order chi connectivity index (χ0) is 9.68. The van der Waals surface area contributed by atoms with Gasteiger partial charge in [0.1, 0.15) is 0 Å². The van der Waals surface area contributed by atoms with Crippen molar-refractivity contribution >= 4 is 0 Å². The highest BCUT2D eigenvalue weighted by molar-refractivity contribution is 5.27. The molecule has 1 rings (SSSR count). The van der Waals surface area contributed by atoms with Gasteiger partial charge < -0.3 is 5.11 Å². The summed E-state index contributed by atoms with van der Waals surface area (Å²) in [6.07, 6.45) is 2.83. The van der Waals surface area contributed by atoms with Crippen LogP contribution in [0.25, 0.3) is 0 Å². The van der Waals surface area contributed by atoms with E-state index < -0.39 is 0 Å². The second kappa shape index (κ2) is 5.03. The van der Waals surface area contributed by atoms with Crippen LogP contribution in [-0.2, 0) is 0 Å². The molecule has 0 spiro atoms. The van der Waals surface area contributed by atoms with E-state index in [4.69, 9.17) is 0 Å². The molecule has 1 nitrogen and oxygen atoms in total. The van der Waals surface area contributed by atoms with Gasteiger partial charge in [-0.3, -0.25) is 0 Å². The third-order valence-electron chi connectivity index (χ3n) is 2.38.